The summed E-state index contributed by atoms with van der Waals surface area (Å²) in [5.74, 6) is 0. The second kappa shape index (κ2) is 8.60. The van der Waals surface area contributed by atoms with Gasteiger partial charge in [-0.05, 0) is 38.0 Å². The van der Waals surface area contributed by atoms with Crippen LogP contribution in [0.25, 0.3) is 0 Å². The lowest BCUT2D eigenvalue weighted by Crippen LogP contribution is -2.54. The van der Waals surface area contributed by atoms with Crippen molar-refractivity contribution in [3.05, 3.63) is 23.9 Å². The number of allylic oxidation sites excluding steroid dienone is 2. The standard InChI is InChI=1S/C16H26N2O.C2H6/c1-2-14-4-3-8-17(9-5-14)15-6-10-18(11-7-15)16-12-19-13-16;1-2/h4-5,9,15-16H,2-3,6-8,10-13H2,1H3;1-2H3. The average Bonchev–Trinajstić information content (AvgIpc) is 2.74. The quantitative estimate of drug-likeness (QED) is 0.792. The normalized spacial score (nSPS) is 24.7. The molecule has 0 aromatic carbocycles. The van der Waals surface area contributed by atoms with Gasteiger partial charge < -0.3 is 9.64 Å². The first-order chi connectivity index (χ1) is 10.4. The molecule has 0 unspecified atom stereocenters. The first-order valence-corrected chi connectivity index (χ1v) is 8.81. The molecule has 0 atom stereocenters. The highest BCUT2D eigenvalue weighted by Gasteiger charge is 2.30. The molecule has 21 heavy (non-hydrogen) atoms. The van der Waals surface area contributed by atoms with Gasteiger partial charge in [0.05, 0.1) is 19.3 Å². The molecule has 0 saturated carbocycles. The van der Waals surface area contributed by atoms with Crippen LogP contribution in [-0.4, -0.2) is 54.7 Å². The summed E-state index contributed by atoms with van der Waals surface area (Å²) in [5, 5.41) is 0. The van der Waals surface area contributed by atoms with Crippen LogP contribution in [0.1, 0.15) is 46.5 Å². The van der Waals surface area contributed by atoms with Gasteiger partial charge in [-0.15, -0.1) is 0 Å². The largest absolute Gasteiger partial charge is 0.378 e. The van der Waals surface area contributed by atoms with Crippen LogP contribution in [0.2, 0.25) is 0 Å². The van der Waals surface area contributed by atoms with Crippen molar-refractivity contribution < 1.29 is 4.74 Å². The van der Waals surface area contributed by atoms with Gasteiger partial charge >= 0.3 is 0 Å². The molecule has 3 heterocycles. The summed E-state index contributed by atoms with van der Waals surface area (Å²) >= 11 is 0. The summed E-state index contributed by atoms with van der Waals surface area (Å²) in [7, 11) is 0. The fourth-order valence-electron chi connectivity index (χ4n) is 3.32. The Balaban J connectivity index is 0.000000774. The Bertz CT molecular complexity index is 352. The predicted molar refractivity (Wildman–Crippen MR) is 89.4 cm³/mol. The van der Waals surface area contributed by atoms with E-state index in [1.165, 1.54) is 44.5 Å². The molecule has 0 radical (unpaired) electrons. The van der Waals surface area contributed by atoms with E-state index in [0.717, 1.165) is 25.7 Å². The van der Waals surface area contributed by atoms with E-state index in [2.05, 4.69) is 35.1 Å². The van der Waals surface area contributed by atoms with Gasteiger partial charge in [-0.25, -0.2) is 0 Å². The maximum Gasteiger partial charge on any atom is 0.0645 e. The van der Waals surface area contributed by atoms with Crippen LogP contribution < -0.4 is 0 Å². The smallest absolute Gasteiger partial charge is 0.0645 e. The number of hydrogen-bond acceptors (Lipinski definition) is 3. The summed E-state index contributed by atoms with van der Waals surface area (Å²) in [4.78, 5) is 5.20. The molecule has 3 nitrogen and oxygen atoms in total. The number of rotatable bonds is 3. The minimum Gasteiger partial charge on any atom is -0.378 e. The third kappa shape index (κ3) is 4.33. The highest BCUT2D eigenvalue weighted by molar-refractivity contribution is 5.20. The number of ether oxygens (including phenoxy) is 1. The molecule has 0 spiro atoms. The first-order valence-electron chi connectivity index (χ1n) is 8.81. The summed E-state index contributed by atoms with van der Waals surface area (Å²) in [5.41, 5.74) is 1.49. The van der Waals surface area contributed by atoms with Crippen LogP contribution in [0.5, 0.6) is 0 Å². The van der Waals surface area contributed by atoms with Crippen molar-refractivity contribution in [2.45, 2.75) is 58.5 Å². The molecular formula is C18H32N2O. The van der Waals surface area contributed by atoms with Crippen molar-refractivity contribution in [3.63, 3.8) is 0 Å². The minimum atomic E-state index is 0.717. The molecule has 3 aliphatic heterocycles. The maximum atomic E-state index is 5.30. The Morgan fingerprint density at radius 3 is 2.38 bits per heavy atom. The number of piperidine rings is 1. The van der Waals surface area contributed by atoms with E-state index in [1.54, 1.807) is 0 Å². The van der Waals surface area contributed by atoms with Crippen LogP contribution in [0, 0.1) is 0 Å². The zero-order valence-corrected chi connectivity index (χ0v) is 14.1. The third-order valence-electron chi connectivity index (χ3n) is 4.79. The monoisotopic (exact) mass is 292 g/mol. The number of hydrogen-bond donors (Lipinski definition) is 0. The van der Waals surface area contributed by atoms with Crippen LogP contribution in [-0.2, 0) is 4.74 Å². The van der Waals surface area contributed by atoms with Gasteiger partial charge in [-0.2, -0.15) is 0 Å². The molecule has 3 rings (SSSR count). The zero-order chi connectivity index (χ0) is 15.1. The summed E-state index contributed by atoms with van der Waals surface area (Å²) in [6.45, 7) is 11.8. The Hall–Kier alpha value is -0.800. The second-order valence-electron chi connectivity index (χ2n) is 5.93. The molecular weight excluding hydrogens is 260 g/mol. The topological polar surface area (TPSA) is 15.7 Å². The lowest BCUT2D eigenvalue weighted by molar-refractivity contribution is -0.0747. The molecule has 2 fully saturated rings. The van der Waals surface area contributed by atoms with Crippen molar-refractivity contribution in [1.82, 2.24) is 9.80 Å². The minimum absolute atomic E-state index is 0.717. The van der Waals surface area contributed by atoms with E-state index >= 15 is 0 Å². The van der Waals surface area contributed by atoms with Gasteiger partial charge in [0.15, 0.2) is 0 Å². The van der Waals surface area contributed by atoms with Gasteiger partial charge in [0, 0.05) is 25.7 Å². The van der Waals surface area contributed by atoms with E-state index in [0.29, 0.717) is 6.04 Å². The SMILES string of the molecule is CC.CCC1=CCCN(C2CCN(C3COC3)CC2)C=C1. The van der Waals surface area contributed by atoms with Crippen LogP contribution in [0.4, 0.5) is 0 Å². The van der Waals surface area contributed by atoms with E-state index in [1.807, 2.05) is 13.8 Å². The van der Waals surface area contributed by atoms with Crippen molar-refractivity contribution >= 4 is 0 Å². The van der Waals surface area contributed by atoms with E-state index < -0.39 is 0 Å². The second-order valence-corrected chi connectivity index (χ2v) is 5.93. The first kappa shape index (κ1) is 16.6. The number of likely N-dealkylation sites (tertiary alicyclic amines) is 1. The third-order valence-corrected chi connectivity index (χ3v) is 4.79. The zero-order valence-electron chi connectivity index (χ0n) is 14.1. The predicted octanol–water partition coefficient (Wildman–Crippen LogP) is 3.43. The number of nitrogens with zero attached hydrogens (tertiary/aromatic N) is 2. The molecule has 0 N–H and O–H groups in total. The van der Waals surface area contributed by atoms with Crippen molar-refractivity contribution in [1.29, 1.82) is 0 Å². The summed E-state index contributed by atoms with van der Waals surface area (Å²) in [6, 6.07) is 1.46. The Morgan fingerprint density at radius 2 is 1.81 bits per heavy atom. The molecule has 2 saturated heterocycles. The molecule has 3 heteroatoms. The van der Waals surface area contributed by atoms with Gasteiger partial charge in [0.1, 0.15) is 0 Å². The molecule has 0 aromatic heterocycles. The lowest BCUT2D eigenvalue weighted by Gasteiger charge is -2.43. The van der Waals surface area contributed by atoms with Crippen molar-refractivity contribution in [2.24, 2.45) is 0 Å². The van der Waals surface area contributed by atoms with E-state index in [-0.39, 0.29) is 0 Å². The van der Waals surface area contributed by atoms with Gasteiger partial charge in [0.25, 0.3) is 0 Å². The molecule has 0 aromatic rings. The van der Waals surface area contributed by atoms with Crippen LogP contribution in [0.3, 0.4) is 0 Å². The maximum absolute atomic E-state index is 5.30. The fraction of sp³-hybridized carbons (Fsp3) is 0.778. The molecule has 0 aliphatic carbocycles. The van der Waals surface area contributed by atoms with Gasteiger partial charge in [-0.3, -0.25) is 4.90 Å². The highest BCUT2D eigenvalue weighted by atomic mass is 16.5. The highest BCUT2D eigenvalue weighted by Crippen LogP contribution is 2.23. The molecule has 120 valence electrons. The lowest BCUT2D eigenvalue weighted by atomic mass is 10.0. The van der Waals surface area contributed by atoms with E-state index in [9.17, 15) is 0 Å². The van der Waals surface area contributed by atoms with Crippen molar-refractivity contribution in [2.75, 3.05) is 32.8 Å². The van der Waals surface area contributed by atoms with E-state index in [4.69, 9.17) is 4.74 Å². The summed E-state index contributed by atoms with van der Waals surface area (Å²) < 4.78 is 5.30. The fourth-order valence-corrected chi connectivity index (χ4v) is 3.32. The Kier molecular flexibility index (Phi) is 6.78. The Labute approximate surface area is 130 Å². The van der Waals surface area contributed by atoms with Gasteiger partial charge in [-0.1, -0.05) is 32.4 Å². The molecule has 3 aliphatic rings. The molecule has 0 bridgehead atoms. The molecule has 0 amide bonds. The van der Waals surface area contributed by atoms with Crippen molar-refractivity contribution in [3.8, 4) is 0 Å². The van der Waals surface area contributed by atoms with Crippen LogP contribution in [0.15, 0.2) is 23.9 Å². The summed E-state index contributed by atoms with van der Waals surface area (Å²) in [6.07, 6.45) is 12.0. The Morgan fingerprint density at radius 1 is 1.10 bits per heavy atom. The average molecular weight is 292 g/mol. The van der Waals surface area contributed by atoms with Gasteiger partial charge in [0.2, 0.25) is 0 Å². The van der Waals surface area contributed by atoms with Crippen LogP contribution >= 0.6 is 0 Å².